The van der Waals surface area contributed by atoms with Crippen molar-refractivity contribution < 1.29 is 9.53 Å². The Bertz CT molecular complexity index is 278. The molecule has 1 atom stereocenters. The van der Waals surface area contributed by atoms with Crippen LogP contribution in [0.5, 0.6) is 0 Å². The predicted octanol–water partition coefficient (Wildman–Crippen LogP) is 2.98. The number of nitrogens with zero attached hydrogens (tertiary/aromatic N) is 1. The first-order valence-corrected chi connectivity index (χ1v) is 7.57. The highest BCUT2D eigenvalue weighted by Gasteiger charge is 2.39. The number of carbonyl (C=O) groups is 1. The van der Waals surface area contributed by atoms with Gasteiger partial charge in [-0.1, -0.05) is 19.8 Å². The summed E-state index contributed by atoms with van der Waals surface area (Å²) < 4.78 is 5.76. The molecule has 3 heteroatoms. The Morgan fingerprint density at radius 3 is 2.56 bits per heavy atom. The van der Waals surface area contributed by atoms with Crippen LogP contribution in [0.2, 0.25) is 0 Å². The van der Waals surface area contributed by atoms with Crippen LogP contribution in [0, 0.1) is 5.41 Å². The van der Waals surface area contributed by atoms with E-state index in [9.17, 15) is 4.79 Å². The maximum atomic E-state index is 12.6. The minimum absolute atomic E-state index is 0.0926. The number of amides is 1. The van der Waals surface area contributed by atoms with Crippen LogP contribution >= 0.6 is 0 Å². The van der Waals surface area contributed by atoms with Crippen molar-refractivity contribution in [1.82, 2.24) is 4.90 Å². The van der Waals surface area contributed by atoms with E-state index in [-0.39, 0.29) is 11.5 Å². The van der Waals surface area contributed by atoms with Crippen LogP contribution in [0.1, 0.15) is 58.8 Å². The molecule has 1 saturated carbocycles. The fourth-order valence-corrected chi connectivity index (χ4v) is 3.30. The van der Waals surface area contributed by atoms with Crippen molar-refractivity contribution in [2.24, 2.45) is 5.41 Å². The molecule has 1 amide bonds. The van der Waals surface area contributed by atoms with Crippen LogP contribution in [0.3, 0.4) is 0 Å². The molecule has 0 aromatic heterocycles. The summed E-state index contributed by atoms with van der Waals surface area (Å²) in [5, 5.41) is 0. The largest absolute Gasteiger partial charge is 0.376 e. The Labute approximate surface area is 111 Å². The maximum Gasteiger partial charge on any atom is 0.228 e. The van der Waals surface area contributed by atoms with Gasteiger partial charge in [0.05, 0.1) is 6.10 Å². The summed E-state index contributed by atoms with van der Waals surface area (Å²) in [5.74, 6) is 0.358. The minimum atomic E-state index is -0.0926. The van der Waals surface area contributed by atoms with Gasteiger partial charge in [-0.15, -0.1) is 0 Å². The van der Waals surface area contributed by atoms with Gasteiger partial charge in [-0.25, -0.2) is 0 Å². The minimum Gasteiger partial charge on any atom is -0.376 e. The van der Waals surface area contributed by atoms with Crippen LogP contribution in [0.25, 0.3) is 0 Å². The third kappa shape index (κ3) is 3.05. The fourth-order valence-electron chi connectivity index (χ4n) is 3.30. The second-order valence-electron chi connectivity index (χ2n) is 6.10. The number of ether oxygens (including phenoxy) is 1. The summed E-state index contributed by atoms with van der Waals surface area (Å²) in [7, 11) is 0. The lowest BCUT2D eigenvalue weighted by Gasteiger charge is -2.34. The number of likely N-dealkylation sites (N-methyl/N-ethyl adjacent to an activating group) is 1. The van der Waals surface area contributed by atoms with E-state index in [4.69, 9.17) is 4.74 Å². The Balaban J connectivity index is 1.92. The predicted molar refractivity (Wildman–Crippen MR) is 72.4 cm³/mol. The summed E-state index contributed by atoms with van der Waals surface area (Å²) in [6.45, 7) is 6.71. The Morgan fingerprint density at radius 1 is 1.28 bits per heavy atom. The molecule has 0 aromatic carbocycles. The molecule has 2 aliphatic rings. The maximum absolute atomic E-state index is 12.6. The second-order valence-corrected chi connectivity index (χ2v) is 6.10. The molecule has 1 aliphatic heterocycles. The Hall–Kier alpha value is -0.570. The molecule has 1 saturated heterocycles. The van der Waals surface area contributed by atoms with Gasteiger partial charge in [-0.05, 0) is 39.0 Å². The van der Waals surface area contributed by atoms with Gasteiger partial charge < -0.3 is 9.64 Å². The zero-order chi connectivity index (χ0) is 13.0. The zero-order valence-corrected chi connectivity index (χ0v) is 11.9. The molecule has 0 bridgehead atoms. The van der Waals surface area contributed by atoms with Crippen molar-refractivity contribution in [2.75, 3.05) is 19.7 Å². The molecular weight excluding hydrogens is 226 g/mol. The highest BCUT2D eigenvalue weighted by atomic mass is 16.5. The summed E-state index contributed by atoms with van der Waals surface area (Å²) in [5.41, 5.74) is -0.0926. The highest BCUT2D eigenvalue weighted by molar-refractivity contribution is 5.82. The van der Waals surface area contributed by atoms with E-state index in [0.29, 0.717) is 5.91 Å². The topological polar surface area (TPSA) is 29.5 Å². The SMILES string of the molecule is CCN(CC1CCCCO1)C(=O)C1(C)CCCC1. The van der Waals surface area contributed by atoms with E-state index in [0.717, 1.165) is 39.0 Å². The Kier molecular flexibility index (Phi) is 4.66. The standard InChI is InChI=1S/C15H27NO2/c1-3-16(12-13-8-4-7-11-18-13)14(17)15(2)9-5-6-10-15/h13H,3-12H2,1-2H3. The van der Waals surface area contributed by atoms with Gasteiger partial charge in [0, 0.05) is 25.1 Å². The number of hydrogen-bond donors (Lipinski definition) is 0. The number of carbonyl (C=O) groups excluding carboxylic acids is 1. The first-order chi connectivity index (χ1) is 8.65. The van der Waals surface area contributed by atoms with Gasteiger partial charge in [0.2, 0.25) is 5.91 Å². The average Bonchev–Trinajstić information content (AvgIpc) is 2.84. The van der Waals surface area contributed by atoms with E-state index in [1.165, 1.54) is 25.7 Å². The second kappa shape index (κ2) is 6.05. The smallest absolute Gasteiger partial charge is 0.228 e. The van der Waals surface area contributed by atoms with E-state index in [1.54, 1.807) is 0 Å². The molecule has 0 N–H and O–H groups in total. The summed E-state index contributed by atoms with van der Waals surface area (Å²) in [6, 6.07) is 0. The summed E-state index contributed by atoms with van der Waals surface area (Å²) in [6.07, 6.45) is 8.34. The van der Waals surface area contributed by atoms with Gasteiger partial charge in [-0.2, -0.15) is 0 Å². The van der Waals surface area contributed by atoms with E-state index in [2.05, 4.69) is 13.8 Å². The summed E-state index contributed by atoms with van der Waals surface area (Å²) in [4.78, 5) is 14.7. The molecule has 18 heavy (non-hydrogen) atoms. The first-order valence-electron chi connectivity index (χ1n) is 7.57. The lowest BCUT2D eigenvalue weighted by Crippen LogP contribution is -2.45. The van der Waals surface area contributed by atoms with E-state index in [1.807, 2.05) is 4.90 Å². The molecule has 2 fully saturated rings. The molecular formula is C15H27NO2. The quantitative estimate of drug-likeness (QED) is 0.771. The third-order valence-electron chi connectivity index (χ3n) is 4.59. The zero-order valence-electron chi connectivity index (χ0n) is 11.9. The molecule has 3 nitrogen and oxygen atoms in total. The molecule has 1 aliphatic carbocycles. The molecule has 0 spiro atoms. The van der Waals surface area contributed by atoms with Crippen LogP contribution in [0.15, 0.2) is 0 Å². The van der Waals surface area contributed by atoms with Gasteiger partial charge >= 0.3 is 0 Å². The fraction of sp³-hybridized carbons (Fsp3) is 0.933. The van der Waals surface area contributed by atoms with Crippen molar-refractivity contribution >= 4 is 5.91 Å². The van der Waals surface area contributed by atoms with Crippen molar-refractivity contribution in [3.05, 3.63) is 0 Å². The lowest BCUT2D eigenvalue weighted by molar-refractivity contribution is -0.143. The van der Waals surface area contributed by atoms with Crippen molar-refractivity contribution in [1.29, 1.82) is 0 Å². The monoisotopic (exact) mass is 253 g/mol. The van der Waals surface area contributed by atoms with Crippen LogP contribution in [-0.4, -0.2) is 36.6 Å². The van der Waals surface area contributed by atoms with Gasteiger partial charge in [-0.3, -0.25) is 4.79 Å². The van der Waals surface area contributed by atoms with E-state index < -0.39 is 0 Å². The van der Waals surface area contributed by atoms with E-state index >= 15 is 0 Å². The Morgan fingerprint density at radius 2 is 2.00 bits per heavy atom. The number of rotatable bonds is 4. The van der Waals surface area contributed by atoms with Gasteiger partial charge in [0.1, 0.15) is 0 Å². The highest BCUT2D eigenvalue weighted by Crippen LogP contribution is 2.39. The molecule has 1 unspecified atom stereocenters. The van der Waals surface area contributed by atoms with Crippen LogP contribution in [-0.2, 0) is 9.53 Å². The van der Waals surface area contributed by atoms with Crippen molar-refractivity contribution in [3.63, 3.8) is 0 Å². The summed E-state index contributed by atoms with van der Waals surface area (Å²) >= 11 is 0. The lowest BCUT2D eigenvalue weighted by atomic mass is 9.87. The van der Waals surface area contributed by atoms with Gasteiger partial charge in [0.25, 0.3) is 0 Å². The third-order valence-corrected chi connectivity index (χ3v) is 4.59. The normalized spacial score (nSPS) is 27.1. The molecule has 0 aromatic rings. The van der Waals surface area contributed by atoms with Gasteiger partial charge in [0.15, 0.2) is 0 Å². The van der Waals surface area contributed by atoms with Crippen molar-refractivity contribution in [3.8, 4) is 0 Å². The first kappa shape index (κ1) is 13.9. The van der Waals surface area contributed by atoms with Crippen molar-refractivity contribution in [2.45, 2.75) is 64.9 Å². The van der Waals surface area contributed by atoms with Crippen LogP contribution in [0.4, 0.5) is 0 Å². The van der Waals surface area contributed by atoms with Crippen LogP contribution < -0.4 is 0 Å². The molecule has 1 heterocycles. The number of hydrogen-bond acceptors (Lipinski definition) is 2. The molecule has 2 rings (SSSR count). The molecule has 104 valence electrons. The molecule has 0 radical (unpaired) electrons. The average molecular weight is 253 g/mol.